The van der Waals surface area contributed by atoms with E-state index in [0.717, 1.165) is 4.90 Å². The van der Waals surface area contributed by atoms with Gasteiger partial charge in [-0.3, -0.25) is 14.4 Å². The van der Waals surface area contributed by atoms with E-state index in [1.165, 1.54) is 0 Å². The topological polar surface area (TPSA) is 144 Å². The Morgan fingerprint density at radius 2 is 1.89 bits per heavy atom. The molecule has 0 bridgehead atoms. The first-order valence-electron chi connectivity index (χ1n) is 5.53. The highest BCUT2D eigenvalue weighted by Crippen LogP contribution is 2.12. The summed E-state index contributed by atoms with van der Waals surface area (Å²) in [4.78, 5) is 45.0. The maximum Gasteiger partial charge on any atom is 0.327 e. The van der Waals surface area contributed by atoms with Crippen molar-refractivity contribution in [2.45, 2.75) is 24.9 Å². The summed E-state index contributed by atoms with van der Waals surface area (Å²) in [5, 5.41) is 28.9. The summed E-state index contributed by atoms with van der Waals surface area (Å²) >= 11 is 0. The first-order valence-corrected chi connectivity index (χ1v) is 5.53. The molecule has 1 rings (SSSR count). The van der Waals surface area contributed by atoms with Gasteiger partial charge in [0.1, 0.15) is 6.04 Å². The van der Waals surface area contributed by atoms with Crippen LogP contribution in [0, 0.1) is 0 Å². The fourth-order valence-corrected chi connectivity index (χ4v) is 1.90. The minimum Gasteiger partial charge on any atom is -0.481 e. The molecule has 0 spiro atoms. The molecule has 0 aromatic rings. The lowest BCUT2D eigenvalue weighted by molar-refractivity contribution is -0.157. The fraction of sp³-hybridized carbons (Fsp3) is 0.600. The predicted molar refractivity (Wildman–Crippen MR) is 59.4 cm³/mol. The van der Waals surface area contributed by atoms with Crippen LogP contribution in [0.5, 0.6) is 0 Å². The lowest BCUT2D eigenvalue weighted by Gasteiger charge is -2.35. The number of nitrogens with one attached hydrogen (secondary N) is 1. The summed E-state index contributed by atoms with van der Waals surface area (Å²) in [6, 6.07) is -2.51. The van der Waals surface area contributed by atoms with Crippen LogP contribution in [0.25, 0.3) is 0 Å². The van der Waals surface area contributed by atoms with Crippen molar-refractivity contribution < 1.29 is 34.5 Å². The van der Waals surface area contributed by atoms with Crippen molar-refractivity contribution in [3.63, 3.8) is 0 Å². The van der Waals surface area contributed by atoms with E-state index < -0.39 is 48.7 Å². The number of amides is 1. The summed E-state index contributed by atoms with van der Waals surface area (Å²) in [5.74, 6) is -4.67. The number of carboxylic acid groups (broad SMARTS) is 3. The fourth-order valence-electron chi connectivity index (χ4n) is 1.90. The van der Waals surface area contributed by atoms with Crippen LogP contribution in [0.3, 0.4) is 0 Å². The zero-order valence-electron chi connectivity index (χ0n) is 9.90. The molecule has 0 unspecified atom stereocenters. The Morgan fingerprint density at radius 1 is 1.26 bits per heavy atom. The normalized spacial score (nSPS) is 20.9. The second kappa shape index (κ2) is 6.14. The standard InChI is InChI=1S/C10H14N2O7/c13-7(14)3-5-9(17)12(2-1-11-5)6(10(18)19)4-8(15)16/h5-6,11H,1-4H2,(H,13,14)(H,15,16)(H,18,19)/t5-,6-/m0/s1. The van der Waals surface area contributed by atoms with Crippen molar-refractivity contribution in [1.82, 2.24) is 10.2 Å². The minimum absolute atomic E-state index is 0.0270. The molecule has 1 fully saturated rings. The zero-order valence-corrected chi connectivity index (χ0v) is 9.90. The molecule has 0 aromatic heterocycles. The molecule has 1 amide bonds. The number of carboxylic acids is 3. The molecule has 1 aliphatic rings. The Labute approximate surface area is 107 Å². The van der Waals surface area contributed by atoms with E-state index in [1.54, 1.807) is 0 Å². The van der Waals surface area contributed by atoms with Crippen LogP contribution in [-0.2, 0) is 19.2 Å². The van der Waals surface area contributed by atoms with Crippen LogP contribution in [0.4, 0.5) is 0 Å². The van der Waals surface area contributed by atoms with Crippen LogP contribution in [0.1, 0.15) is 12.8 Å². The van der Waals surface area contributed by atoms with Crippen molar-refractivity contribution in [2.24, 2.45) is 0 Å². The molecule has 1 aliphatic heterocycles. The molecule has 0 saturated carbocycles. The Morgan fingerprint density at radius 3 is 2.37 bits per heavy atom. The lowest BCUT2D eigenvalue weighted by atomic mass is 10.1. The van der Waals surface area contributed by atoms with Gasteiger partial charge in [0.25, 0.3) is 0 Å². The van der Waals surface area contributed by atoms with Gasteiger partial charge in [0.15, 0.2) is 0 Å². The number of nitrogens with zero attached hydrogens (tertiary/aromatic N) is 1. The molecule has 9 nitrogen and oxygen atoms in total. The quantitative estimate of drug-likeness (QED) is 0.443. The maximum absolute atomic E-state index is 11.9. The number of hydrogen-bond donors (Lipinski definition) is 4. The summed E-state index contributed by atoms with van der Waals surface area (Å²) in [5.41, 5.74) is 0. The third-order valence-electron chi connectivity index (χ3n) is 2.73. The van der Waals surface area contributed by atoms with Gasteiger partial charge in [-0.25, -0.2) is 4.79 Å². The second-order valence-electron chi connectivity index (χ2n) is 4.09. The van der Waals surface area contributed by atoms with Crippen LogP contribution >= 0.6 is 0 Å². The summed E-state index contributed by atoms with van der Waals surface area (Å²) in [6.07, 6.45) is -1.20. The van der Waals surface area contributed by atoms with Crippen LogP contribution in [0.2, 0.25) is 0 Å². The van der Waals surface area contributed by atoms with E-state index in [0.29, 0.717) is 0 Å². The molecular formula is C10H14N2O7. The number of carbonyl (C=O) groups is 4. The Hall–Kier alpha value is -2.16. The molecule has 1 heterocycles. The highest BCUT2D eigenvalue weighted by Gasteiger charge is 2.38. The van der Waals surface area contributed by atoms with Crippen molar-refractivity contribution in [2.75, 3.05) is 13.1 Å². The molecule has 106 valence electrons. The Balaban J connectivity index is 2.84. The third kappa shape index (κ3) is 3.91. The Kier molecular flexibility index (Phi) is 4.81. The average molecular weight is 274 g/mol. The zero-order chi connectivity index (χ0) is 14.6. The first kappa shape index (κ1) is 14.9. The van der Waals surface area contributed by atoms with Crippen LogP contribution in [0.15, 0.2) is 0 Å². The number of hydrogen-bond acceptors (Lipinski definition) is 5. The first-order chi connectivity index (χ1) is 8.82. The van der Waals surface area contributed by atoms with E-state index in [2.05, 4.69) is 5.32 Å². The third-order valence-corrected chi connectivity index (χ3v) is 2.73. The van der Waals surface area contributed by atoms with E-state index in [4.69, 9.17) is 15.3 Å². The maximum atomic E-state index is 11.9. The molecule has 9 heteroatoms. The van der Waals surface area contributed by atoms with Crippen molar-refractivity contribution in [3.05, 3.63) is 0 Å². The molecule has 0 aromatic carbocycles. The lowest BCUT2D eigenvalue weighted by Crippen LogP contribution is -2.60. The summed E-state index contributed by atoms with van der Waals surface area (Å²) < 4.78 is 0. The van der Waals surface area contributed by atoms with Crippen molar-refractivity contribution in [3.8, 4) is 0 Å². The molecule has 19 heavy (non-hydrogen) atoms. The van der Waals surface area contributed by atoms with Gasteiger partial charge in [-0.05, 0) is 0 Å². The van der Waals surface area contributed by atoms with Gasteiger partial charge >= 0.3 is 17.9 Å². The number of carbonyl (C=O) groups excluding carboxylic acids is 1. The number of piperazine rings is 1. The van der Waals surface area contributed by atoms with Crippen LogP contribution < -0.4 is 5.32 Å². The van der Waals surface area contributed by atoms with Gasteiger partial charge in [0.05, 0.1) is 18.9 Å². The SMILES string of the molecule is O=C(O)C[C@@H]1NCCN([C@@H](CC(=O)O)C(=O)O)C1=O. The minimum atomic E-state index is -1.48. The van der Waals surface area contributed by atoms with E-state index in [1.807, 2.05) is 0 Å². The smallest absolute Gasteiger partial charge is 0.327 e. The van der Waals surface area contributed by atoms with Crippen molar-refractivity contribution in [1.29, 1.82) is 0 Å². The molecule has 1 saturated heterocycles. The average Bonchev–Trinajstić information content (AvgIpc) is 2.28. The molecule has 4 N–H and O–H groups in total. The molecule has 0 radical (unpaired) electrons. The van der Waals surface area contributed by atoms with Crippen LogP contribution in [-0.4, -0.2) is 69.2 Å². The monoisotopic (exact) mass is 274 g/mol. The van der Waals surface area contributed by atoms with Gasteiger partial charge in [0, 0.05) is 13.1 Å². The summed E-state index contributed by atoms with van der Waals surface area (Å²) in [7, 11) is 0. The van der Waals surface area contributed by atoms with Gasteiger partial charge in [-0.2, -0.15) is 0 Å². The number of aliphatic carboxylic acids is 3. The van der Waals surface area contributed by atoms with E-state index in [-0.39, 0.29) is 13.1 Å². The molecule has 2 atom stereocenters. The van der Waals surface area contributed by atoms with E-state index in [9.17, 15) is 19.2 Å². The van der Waals surface area contributed by atoms with Gasteiger partial charge in [-0.15, -0.1) is 0 Å². The van der Waals surface area contributed by atoms with Gasteiger partial charge in [0.2, 0.25) is 5.91 Å². The Bertz CT molecular complexity index is 409. The van der Waals surface area contributed by atoms with Crippen molar-refractivity contribution >= 4 is 23.8 Å². The largest absolute Gasteiger partial charge is 0.481 e. The number of rotatable bonds is 6. The second-order valence-corrected chi connectivity index (χ2v) is 4.09. The van der Waals surface area contributed by atoms with E-state index >= 15 is 0 Å². The molecular weight excluding hydrogens is 260 g/mol. The highest BCUT2D eigenvalue weighted by atomic mass is 16.4. The van der Waals surface area contributed by atoms with Gasteiger partial charge in [-0.1, -0.05) is 0 Å². The summed E-state index contributed by atoms with van der Waals surface area (Å²) in [6.45, 7) is 0.242. The molecule has 0 aliphatic carbocycles. The van der Waals surface area contributed by atoms with Gasteiger partial charge < -0.3 is 25.5 Å². The predicted octanol–water partition coefficient (Wildman–Crippen LogP) is -1.81. The highest BCUT2D eigenvalue weighted by molar-refractivity contribution is 5.91.